The molecule has 0 radical (unpaired) electrons. The van der Waals surface area contributed by atoms with Crippen molar-refractivity contribution in [3.8, 4) is 11.5 Å². The number of methoxy groups -OCH3 is 1. The molecule has 5 nitrogen and oxygen atoms in total. The molecule has 1 atom stereocenters. The fourth-order valence-electron chi connectivity index (χ4n) is 1.54. The minimum absolute atomic E-state index is 0.311. The number of aliphatic hydroxyl groups is 1. The van der Waals surface area contributed by atoms with E-state index in [1.54, 1.807) is 0 Å². The van der Waals surface area contributed by atoms with Gasteiger partial charge in [0.2, 0.25) is 0 Å². The molecule has 1 rings (SSSR count). The second kappa shape index (κ2) is 5.58. The minimum atomic E-state index is -5.29. The van der Waals surface area contributed by atoms with Crippen molar-refractivity contribution in [2.24, 2.45) is 0 Å². The largest absolute Gasteiger partial charge is 0.504 e. The Balaban J connectivity index is 3.42. The highest BCUT2D eigenvalue weighted by atomic mass is 19.4. The number of carbonyl (C=O) groups excluding carboxylic acids is 1. The maximum Gasteiger partial charge on any atom is 0.432 e. The molecule has 0 spiro atoms. The molecule has 20 heavy (non-hydrogen) atoms. The molecule has 0 amide bonds. The normalized spacial score (nSPS) is 14.5. The van der Waals surface area contributed by atoms with Crippen LogP contribution in [0.15, 0.2) is 18.2 Å². The number of hydrogen-bond acceptors (Lipinski definition) is 5. The molecule has 0 bridgehead atoms. The Bertz CT molecular complexity index is 500. The van der Waals surface area contributed by atoms with Crippen LogP contribution in [0.3, 0.4) is 0 Å². The molecule has 0 aliphatic rings. The van der Waals surface area contributed by atoms with E-state index in [-0.39, 0.29) is 12.4 Å². The van der Waals surface area contributed by atoms with E-state index in [1.807, 2.05) is 0 Å². The fraction of sp³-hybridized carbons (Fsp3) is 0.417. The first-order chi connectivity index (χ1) is 9.18. The van der Waals surface area contributed by atoms with Crippen LogP contribution < -0.4 is 4.74 Å². The first-order valence-electron chi connectivity index (χ1n) is 5.52. The predicted molar refractivity (Wildman–Crippen MR) is 61.2 cm³/mol. The summed E-state index contributed by atoms with van der Waals surface area (Å²) in [5.41, 5.74) is -4.64. The Labute approximate surface area is 112 Å². The van der Waals surface area contributed by atoms with Crippen LogP contribution in [0.1, 0.15) is 12.5 Å². The first kappa shape index (κ1) is 16.1. The Morgan fingerprint density at radius 3 is 2.40 bits per heavy atom. The zero-order valence-electron chi connectivity index (χ0n) is 10.7. The molecular formula is C12H13F3O5. The molecule has 112 valence electrons. The second-order valence-electron chi connectivity index (χ2n) is 3.82. The van der Waals surface area contributed by atoms with Gasteiger partial charge in [-0.3, -0.25) is 0 Å². The van der Waals surface area contributed by atoms with Gasteiger partial charge in [-0.05, 0) is 19.1 Å². The smallest absolute Gasteiger partial charge is 0.432 e. The number of alkyl halides is 3. The lowest BCUT2D eigenvalue weighted by Crippen LogP contribution is -2.50. The maximum absolute atomic E-state index is 13.0. The first-order valence-corrected chi connectivity index (χ1v) is 5.52. The number of phenols is 1. The van der Waals surface area contributed by atoms with Crippen molar-refractivity contribution in [3.05, 3.63) is 23.8 Å². The van der Waals surface area contributed by atoms with Crippen molar-refractivity contribution in [3.63, 3.8) is 0 Å². The third-order valence-electron chi connectivity index (χ3n) is 2.58. The van der Waals surface area contributed by atoms with E-state index >= 15 is 0 Å². The monoisotopic (exact) mass is 294 g/mol. The number of esters is 1. The van der Waals surface area contributed by atoms with Crippen LogP contribution in [0.2, 0.25) is 0 Å². The fourth-order valence-corrected chi connectivity index (χ4v) is 1.54. The van der Waals surface area contributed by atoms with E-state index in [1.165, 1.54) is 6.92 Å². The van der Waals surface area contributed by atoms with Crippen LogP contribution >= 0.6 is 0 Å². The number of ether oxygens (including phenoxy) is 2. The van der Waals surface area contributed by atoms with E-state index in [9.17, 15) is 28.2 Å². The molecule has 8 heteroatoms. The van der Waals surface area contributed by atoms with Gasteiger partial charge in [-0.2, -0.15) is 13.2 Å². The molecule has 1 aromatic rings. The van der Waals surface area contributed by atoms with E-state index in [2.05, 4.69) is 9.47 Å². The van der Waals surface area contributed by atoms with Gasteiger partial charge in [0.25, 0.3) is 5.60 Å². The summed E-state index contributed by atoms with van der Waals surface area (Å²) in [7, 11) is 1.12. The van der Waals surface area contributed by atoms with Gasteiger partial charge in [-0.25, -0.2) is 4.79 Å². The van der Waals surface area contributed by atoms with Crippen LogP contribution in [0.4, 0.5) is 13.2 Å². The summed E-state index contributed by atoms with van der Waals surface area (Å²) in [5.74, 6) is -2.58. The van der Waals surface area contributed by atoms with Gasteiger partial charge in [-0.15, -0.1) is 0 Å². The highest BCUT2D eigenvalue weighted by molar-refractivity contribution is 5.82. The highest BCUT2D eigenvalue weighted by Crippen LogP contribution is 2.42. The Morgan fingerprint density at radius 2 is 1.95 bits per heavy atom. The van der Waals surface area contributed by atoms with Crippen LogP contribution in [0, 0.1) is 0 Å². The number of benzene rings is 1. The predicted octanol–water partition coefficient (Wildman–Crippen LogP) is 1.71. The molecule has 1 aromatic carbocycles. The van der Waals surface area contributed by atoms with Crippen LogP contribution in [0.25, 0.3) is 0 Å². The lowest BCUT2D eigenvalue weighted by Gasteiger charge is -2.28. The molecule has 2 N–H and O–H groups in total. The number of carbonyl (C=O) groups is 1. The summed E-state index contributed by atoms with van der Waals surface area (Å²) in [6.07, 6.45) is -5.29. The van der Waals surface area contributed by atoms with Gasteiger partial charge in [0.05, 0.1) is 13.7 Å². The van der Waals surface area contributed by atoms with Gasteiger partial charge < -0.3 is 19.7 Å². The molecule has 0 saturated heterocycles. The van der Waals surface area contributed by atoms with E-state index in [4.69, 9.17) is 0 Å². The van der Waals surface area contributed by atoms with Crippen LogP contribution in [-0.4, -0.2) is 36.1 Å². The van der Waals surface area contributed by atoms with Crippen LogP contribution in [-0.2, 0) is 15.1 Å². The Morgan fingerprint density at radius 1 is 1.35 bits per heavy atom. The molecule has 0 aliphatic heterocycles. The molecule has 0 aliphatic carbocycles. The van der Waals surface area contributed by atoms with Crippen molar-refractivity contribution >= 4 is 5.97 Å². The summed E-state index contributed by atoms with van der Waals surface area (Å²) in [6, 6.07) is 2.37. The summed E-state index contributed by atoms with van der Waals surface area (Å²) in [5, 5.41) is 19.1. The lowest BCUT2D eigenvalue weighted by molar-refractivity contribution is -0.267. The number of aromatic hydroxyl groups is 1. The average Bonchev–Trinajstić information content (AvgIpc) is 2.37. The minimum Gasteiger partial charge on any atom is -0.504 e. The van der Waals surface area contributed by atoms with Crippen molar-refractivity contribution in [2.75, 3.05) is 13.7 Å². The topological polar surface area (TPSA) is 76.0 Å². The molecule has 0 heterocycles. The summed E-state index contributed by atoms with van der Waals surface area (Å²) < 4.78 is 48.1. The SMILES string of the molecule is CCOC(=O)[C@@](O)(c1ccc(O)c(OC)c1)C(F)(F)F. The maximum atomic E-state index is 13.0. The van der Waals surface area contributed by atoms with E-state index in [0.29, 0.717) is 0 Å². The molecule has 0 fully saturated rings. The summed E-state index contributed by atoms with van der Waals surface area (Å²) in [6.45, 7) is 0.985. The van der Waals surface area contributed by atoms with E-state index < -0.39 is 29.1 Å². The second-order valence-corrected chi connectivity index (χ2v) is 3.82. The van der Waals surface area contributed by atoms with Crippen molar-refractivity contribution < 1.29 is 37.7 Å². The number of hydrogen-bond donors (Lipinski definition) is 2. The van der Waals surface area contributed by atoms with Crippen LogP contribution in [0.5, 0.6) is 11.5 Å². The van der Waals surface area contributed by atoms with Crippen molar-refractivity contribution in [1.82, 2.24) is 0 Å². The molecule has 0 unspecified atom stereocenters. The zero-order chi connectivity index (χ0) is 15.6. The number of halogens is 3. The third kappa shape index (κ3) is 2.64. The van der Waals surface area contributed by atoms with Crippen molar-refractivity contribution in [1.29, 1.82) is 0 Å². The van der Waals surface area contributed by atoms with Crippen molar-refractivity contribution in [2.45, 2.75) is 18.7 Å². The van der Waals surface area contributed by atoms with Gasteiger partial charge in [0.1, 0.15) is 0 Å². The van der Waals surface area contributed by atoms with E-state index in [0.717, 1.165) is 25.3 Å². The number of rotatable bonds is 4. The average molecular weight is 294 g/mol. The Hall–Kier alpha value is -1.96. The summed E-state index contributed by atoms with van der Waals surface area (Å²) >= 11 is 0. The zero-order valence-corrected chi connectivity index (χ0v) is 10.7. The van der Waals surface area contributed by atoms with Gasteiger partial charge in [0.15, 0.2) is 11.5 Å². The molecular weight excluding hydrogens is 281 g/mol. The lowest BCUT2D eigenvalue weighted by atomic mass is 9.92. The highest BCUT2D eigenvalue weighted by Gasteiger charge is 2.62. The molecule has 0 aromatic heterocycles. The van der Waals surface area contributed by atoms with Gasteiger partial charge in [-0.1, -0.05) is 6.07 Å². The summed E-state index contributed by atoms with van der Waals surface area (Å²) in [4.78, 5) is 11.5. The Kier molecular flexibility index (Phi) is 4.49. The quantitative estimate of drug-likeness (QED) is 0.827. The third-order valence-corrected chi connectivity index (χ3v) is 2.58. The molecule has 0 saturated carbocycles. The van der Waals surface area contributed by atoms with Gasteiger partial charge in [0, 0.05) is 5.56 Å². The standard InChI is InChI=1S/C12H13F3O5/c1-3-20-10(17)11(18,12(13,14)15)7-4-5-8(16)9(6-7)19-2/h4-6,16,18H,3H2,1-2H3/t11-/m0/s1. The van der Waals surface area contributed by atoms with Gasteiger partial charge >= 0.3 is 12.1 Å². The number of phenolic OH excluding ortho intramolecular Hbond substituents is 1.